The smallest absolute Gasteiger partial charge is 0.256 e. The average molecular weight is 279 g/mol. The van der Waals surface area contributed by atoms with Gasteiger partial charge in [-0.3, -0.25) is 9.69 Å². The van der Waals surface area contributed by atoms with E-state index in [0.717, 1.165) is 13.1 Å². The Morgan fingerprint density at radius 3 is 2.45 bits per heavy atom. The molecule has 1 aromatic carbocycles. The third-order valence-corrected chi connectivity index (χ3v) is 3.83. The minimum atomic E-state index is -0.390. The van der Waals surface area contributed by atoms with Gasteiger partial charge in [-0.05, 0) is 26.0 Å². The van der Waals surface area contributed by atoms with E-state index < -0.39 is 0 Å². The molecule has 0 aromatic heterocycles. The molecule has 0 spiro atoms. The zero-order valence-corrected chi connectivity index (χ0v) is 12.3. The summed E-state index contributed by atoms with van der Waals surface area (Å²) in [5.74, 6) is -0.489. The molecule has 110 valence electrons. The molecule has 1 heterocycles. The molecular formula is C15H22FN3O. The van der Waals surface area contributed by atoms with Crippen LogP contribution in [0, 0.1) is 5.82 Å². The quantitative estimate of drug-likeness (QED) is 0.919. The second-order valence-corrected chi connectivity index (χ2v) is 5.33. The van der Waals surface area contributed by atoms with Gasteiger partial charge in [-0.1, -0.05) is 6.07 Å². The van der Waals surface area contributed by atoms with Crippen LogP contribution in [0.4, 0.5) is 10.1 Å². The summed E-state index contributed by atoms with van der Waals surface area (Å²) < 4.78 is 13.7. The molecule has 0 unspecified atom stereocenters. The maximum Gasteiger partial charge on any atom is 0.256 e. The molecule has 1 aromatic rings. The molecule has 1 N–H and O–H groups in total. The van der Waals surface area contributed by atoms with E-state index in [-0.39, 0.29) is 17.4 Å². The van der Waals surface area contributed by atoms with Gasteiger partial charge in [0.1, 0.15) is 5.82 Å². The molecule has 1 aliphatic heterocycles. The maximum absolute atomic E-state index is 13.7. The number of carbonyl (C=O) groups is 1. The molecule has 20 heavy (non-hydrogen) atoms. The van der Waals surface area contributed by atoms with Crippen molar-refractivity contribution in [1.82, 2.24) is 9.80 Å². The van der Waals surface area contributed by atoms with Crippen LogP contribution in [-0.4, -0.2) is 55.0 Å². The summed E-state index contributed by atoms with van der Waals surface area (Å²) in [6, 6.07) is 5.10. The van der Waals surface area contributed by atoms with Gasteiger partial charge in [-0.25, -0.2) is 4.39 Å². The van der Waals surface area contributed by atoms with Crippen LogP contribution in [0.25, 0.3) is 0 Å². The van der Waals surface area contributed by atoms with Crippen LogP contribution in [-0.2, 0) is 0 Å². The van der Waals surface area contributed by atoms with E-state index in [2.05, 4.69) is 24.1 Å². The zero-order valence-electron chi connectivity index (χ0n) is 12.3. The summed E-state index contributed by atoms with van der Waals surface area (Å²) in [5, 5.41) is 2.78. The highest BCUT2D eigenvalue weighted by molar-refractivity contribution is 5.99. The largest absolute Gasteiger partial charge is 0.385 e. The van der Waals surface area contributed by atoms with Crippen molar-refractivity contribution in [2.75, 3.05) is 38.5 Å². The summed E-state index contributed by atoms with van der Waals surface area (Å²) in [6.45, 7) is 7.43. The number of para-hydroxylation sites is 1. The third-order valence-electron chi connectivity index (χ3n) is 3.83. The normalized spacial score (nSPS) is 16.6. The maximum atomic E-state index is 13.7. The Hall–Kier alpha value is -1.62. The van der Waals surface area contributed by atoms with Crippen LogP contribution in [0.2, 0.25) is 0 Å². The minimum absolute atomic E-state index is 0.0998. The Balaban J connectivity index is 2.11. The number of benzene rings is 1. The Bertz CT molecular complexity index is 482. The lowest BCUT2D eigenvalue weighted by Crippen LogP contribution is -2.50. The van der Waals surface area contributed by atoms with Crippen molar-refractivity contribution in [3.63, 3.8) is 0 Å². The lowest BCUT2D eigenvalue weighted by molar-refractivity contribution is 0.0596. The molecule has 4 nitrogen and oxygen atoms in total. The first-order chi connectivity index (χ1) is 9.54. The zero-order chi connectivity index (χ0) is 14.7. The number of halogens is 1. The number of anilines is 1. The van der Waals surface area contributed by atoms with E-state index in [1.165, 1.54) is 6.07 Å². The van der Waals surface area contributed by atoms with Crippen molar-refractivity contribution in [2.24, 2.45) is 0 Å². The summed E-state index contributed by atoms with van der Waals surface area (Å²) in [7, 11) is 1.63. The minimum Gasteiger partial charge on any atom is -0.385 e. The SMILES string of the molecule is CNc1c(F)cccc1C(=O)N1CCN(C(C)C)CC1. The fourth-order valence-corrected chi connectivity index (χ4v) is 2.57. The van der Waals surface area contributed by atoms with E-state index in [4.69, 9.17) is 0 Å². The predicted octanol–water partition coefficient (Wildman–Crippen LogP) is 2.03. The fourth-order valence-electron chi connectivity index (χ4n) is 2.57. The molecule has 0 saturated carbocycles. The van der Waals surface area contributed by atoms with Gasteiger partial charge in [0.2, 0.25) is 0 Å². The lowest BCUT2D eigenvalue weighted by Gasteiger charge is -2.37. The molecule has 2 rings (SSSR count). The molecular weight excluding hydrogens is 257 g/mol. The van der Waals surface area contributed by atoms with Gasteiger partial charge in [0, 0.05) is 39.3 Å². The number of hydrogen-bond acceptors (Lipinski definition) is 3. The number of piperazine rings is 1. The second-order valence-electron chi connectivity index (χ2n) is 5.33. The van der Waals surface area contributed by atoms with Gasteiger partial charge >= 0.3 is 0 Å². The standard InChI is InChI=1S/C15H22FN3O/c1-11(2)18-7-9-19(10-8-18)15(20)12-5-4-6-13(16)14(12)17-3/h4-6,11,17H,7-10H2,1-3H3. The number of nitrogens with one attached hydrogen (secondary N) is 1. The summed E-state index contributed by atoms with van der Waals surface area (Å²) in [5.41, 5.74) is 0.689. The van der Waals surface area contributed by atoms with Crippen molar-refractivity contribution in [3.05, 3.63) is 29.6 Å². The molecule has 1 saturated heterocycles. The van der Waals surface area contributed by atoms with Crippen LogP contribution in [0.3, 0.4) is 0 Å². The molecule has 1 fully saturated rings. The molecule has 0 aliphatic carbocycles. The number of hydrogen-bond donors (Lipinski definition) is 1. The summed E-state index contributed by atoms with van der Waals surface area (Å²) >= 11 is 0. The monoisotopic (exact) mass is 279 g/mol. The van der Waals surface area contributed by atoms with Gasteiger partial charge in [0.25, 0.3) is 5.91 Å². The van der Waals surface area contributed by atoms with Crippen LogP contribution in [0.15, 0.2) is 18.2 Å². The highest BCUT2D eigenvalue weighted by Crippen LogP contribution is 2.21. The molecule has 0 bridgehead atoms. The van der Waals surface area contributed by atoms with E-state index in [0.29, 0.717) is 24.7 Å². The summed E-state index contributed by atoms with van der Waals surface area (Å²) in [6.07, 6.45) is 0. The highest BCUT2D eigenvalue weighted by atomic mass is 19.1. The Labute approximate surface area is 119 Å². The van der Waals surface area contributed by atoms with Gasteiger partial charge in [-0.2, -0.15) is 0 Å². The first kappa shape index (κ1) is 14.8. The Morgan fingerprint density at radius 2 is 1.90 bits per heavy atom. The first-order valence-corrected chi connectivity index (χ1v) is 7.04. The topological polar surface area (TPSA) is 35.6 Å². The van der Waals surface area contributed by atoms with E-state index in [1.54, 1.807) is 24.1 Å². The number of amides is 1. The highest BCUT2D eigenvalue weighted by Gasteiger charge is 2.25. The van der Waals surface area contributed by atoms with Crippen LogP contribution in [0.5, 0.6) is 0 Å². The molecule has 5 heteroatoms. The Kier molecular flexibility index (Phi) is 4.60. The van der Waals surface area contributed by atoms with Crippen molar-refractivity contribution >= 4 is 11.6 Å². The van der Waals surface area contributed by atoms with Crippen LogP contribution < -0.4 is 5.32 Å². The fraction of sp³-hybridized carbons (Fsp3) is 0.533. The number of rotatable bonds is 3. The molecule has 1 amide bonds. The van der Waals surface area contributed by atoms with Gasteiger partial charge in [0.15, 0.2) is 0 Å². The molecule has 0 atom stereocenters. The van der Waals surface area contributed by atoms with Gasteiger partial charge in [-0.15, -0.1) is 0 Å². The van der Waals surface area contributed by atoms with Crippen LogP contribution in [0.1, 0.15) is 24.2 Å². The second kappa shape index (κ2) is 6.22. The first-order valence-electron chi connectivity index (χ1n) is 7.04. The Morgan fingerprint density at radius 1 is 1.25 bits per heavy atom. The lowest BCUT2D eigenvalue weighted by atomic mass is 10.1. The van der Waals surface area contributed by atoms with E-state index >= 15 is 0 Å². The molecule has 1 aliphatic rings. The summed E-state index contributed by atoms with van der Waals surface area (Å²) in [4.78, 5) is 16.7. The van der Waals surface area contributed by atoms with Crippen molar-refractivity contribution in [2.45, 2.75) is 19.9 Å². The number of carbonyl (C=O) groups excluding carboxylic acids is 1. The predicted molar refractivity (Wildman–Crippen MR) is 78.6 cm³/mol. The van der Waals surface area contributed by atoms with Gasteiger partial charge < -0.3 is 10.2 Å². The third kappa shape index (κ3) is 2.93. The number of nitrogens with zero attached hydrogens (tertiary/aromatic N) is 2. The van der Waals surface area contributed by atoms with Gasteiger partial charge in [0.05, 0.1) is 11.3 Å². The average Bonchev–Trinajstić information content (AvgIpc) is 2.46. The van der Waals surface area contributed by atoms with Crippen LogP contribution >= 0.6 is 0 Å². The van der Waals surface area contributed by atoms with Crippen molar-refractivity contribution < 1.29 is 9.18 Å². The van der Waals surface area contributed by atoms with Crippen molar-refractivity contribution in [3.8, 4) is 0 Å². The van der Waals surface area contributed by atoms with E-state index in [9.17, 15) is 9.18 Å². The van der Waals surface area contributed by atoms with E-state index in [1.807, 2.05) is 0 Å². The molecule has 0 radical (unpaired) electrons. The van der Waals surface area contributed by atoms with Crippen molar-refractivity contribution in [1.29, 1.82) is 0 Å².